The summed E-state index contributed by atoms with van der Waals surface area (Å²) in [5.74, 6) is 0. The molecule has 2 aromatic rings. The number of halogens is 1. The van der Waals surface area contributed by atoms with Gasteiger partial charge in [0, 0.05) is 23.2 Å². The van der Waals surface area contributed by atoms with Crippen LogP contribution in [0.4, 0.5) is 0 Å². The first-order valence-electron chi connectivity index (χ1n) is 5.53. The van der Waals surface area contributed by atoms with Gasteiger partial charge < -0.3 is 5.73 Å². The molecule has 1 aromatic carbocycles. The monoisotopic (exact) mass is 250 g/mol. The number of nitrogens with zero attached hydrogens (tertiary/aromatic N) is 3. The third kappa shape index (κ3) is 2.33. The van der Waals surface area contributed by atoms with Gasteiger partial charge >= 0.3 is 0 Å². The summed E-state index contributed by atoms with van der Waals surface area (Å²) in [6.45, 7) is 4.49. The van der Waals surface area contributed by atoms with Crippen molar-refractivity contribution in [3.63, 3.8) is 0 Å². The van der Waals surface area contributed by atoms with Crippen LogP contribution in [0.5, 0.6) is 0 Å². The van der Waals surface area contributed by atoms with Crippen LogP contribution in [0.2, 0.25) is 5.02 Å². The quantitative estimate of drug-likeness (QED) is 0.911. The summed E-state index contributed by atoms with van der Waals surface area (Å²) in [6.07, 6.45) is 0. The first-order valence-corrected chi connectivity index (χ1v) is 5.91. The fourth-order valence-corrected chi connectivity index (χ4v) is 1.95. The molecule has 2 N–H and O–H groups in total. The molecule has 0 saturated heterocycles. The van der Waals surface area contributed by atoms with E-state index in [0.717, 1.165) is 17.0 Å². The molecule has 0 bridgehead atoms. The van der Waals surface area contributed by atoms with Crippen molar-refractivity contribution in [2.75, 3.05) is 0 Å². The molecule has 0 atom stereocenters. The number of benzene rings is 1. The maximum atomic E-state index is 6.01. The van der Waals surface area contributed by atoms with Crippen molar-refractivity contribution in [1.82, 2.24) is 15.0 Å². The van der Waals surface area contributed by atoms with Crippen molar-refractivity contribution in [2.24, 2.45) is 5.73 Å². The molecule has 0 aliphatic rings. The lowest BCUT2D eigenvalue weighted by molar-refractivity contribution is 0.519. The molecule has 17 heavy (non-hydrogen) atoms. The van der Waals surface area contributed by atoms with Crippen LogP contribution in [-0.2, 0) is 6.54 Å². The number of rotatable bonds is 3. The van der Waals surface area contributed by atoms with Crippen LogP contribution in [0.3, 0.4) is 0 Å². The summed E-state index contributed by atoms with van der Waals surface area (Å²) in [7, 11) is 0. The fourth-order valence-electron chi connectivity index (χ4n) is 1.76. The van der Waals surface area contributed by atoms with Crippen molar-refractivity contribution in [2.45, 2.75) is 26.4 Å². The van der Waals surface area contributed by atoms with E-state index >= 15 is 0 Å². The van der Waals surface area contributed by atoms with Crippen molar-refractivity contribution < 1.29 is 0 Å². The zero-order valence-electron chi connectivity index (χ0n) is 9.89. The molecule has 0 radical (unpaired) electrons. The summed E-state index contributed by atoms with van der Waals surface area (Å²) in [5.41, 5.74) is 8.43. The Balaban J connectivity index is 2.60. The second-order valence-corrected chi connectivity index (χ2v) is 4.57. The van der Waals surface area contributed by atoms with Gasteiger partial charge in [-0.2, -0.15) is 0 Å². The Morgan fingerprint density at radius 2 is 2.18 bits per heavy atom. The van der Waals surface area contributed by atoms with Crippen LogP contribution < -0.4 is 5.73 Å². The molecule has 0 saturated carbocycles. The Morgan fingerprint density at radius 1 is 1.41 bits per heavy atom. The number of hydrogen-bond donors (Lipinski definition) is 1. The Labute approximate surface area is 105 Å². The van der Waals surface area contributed by atoms with Crippen molar-refractivity contribution >= 4 is 11.6 Å². The lowest BCUT2D eigenvalue weighted by atomic mass is 10.1. The van der Waals surface area contributed by atoms with E-state index in [1.165, 1.54) is 0 Å². The summed E-state index contributed by atoms with van der Waals surface area (Å²) >= 11 is 6.01. The molecule has 90 valence electrons. The molecule has 0 fully saturated rings. The Hall–Kier alpha value is -1.39. The molecule has 1 heterocycles. The average molecular weight is 251 g/mol. The van der Waals surface area contributed by atoms with Crippen LogP contribution in [0.25, 0.3) is 11.3 Å². The van der Waals surface area contributed by atoms with E-state index in [1.54, 1.807) is 0 Å². The highest BCUT2D eigenvalue weighted by molar-refractivity contribution is 6.30. The SMILES string of the molecule is CC(C)n1nnc(CN)c1-c1cccc(Cl)c1. The highest BCUT2D eigenvalue weighted by Crippen LogP contribution is 2.26. The van der Waals surface area contributed by atoms with Gasteiger partial charge in [0.15, 0.2) is 0 Å². The molecule has 2 rings (SSSR count). The zero-order valence-corrected chi connectivity index (χ0v) is 10.6. The molecular weight excluding hydrogens is 236 g/mol. The minimum Gasteiger partial charge on any atom is -0.325 e. The lowest BCUT2D eigenvalue weighted by Gasteiger charge is -2.11. The van der Waals surface area contributed by atoms with Crippen LogP contribution in [0.1, 0.15) is 25.6 Å². The second kappa shape index (κ2) is 4.85. The highest BCUT2D eigenvalue weighted by Gasteiger charge is 2.15. The standard InChI is InChI=1S/C12H15ClN4/c1-8(2)17-12(11(7-14)15-16-17)9-4-3-5-10(13)6-9/h3-6,8H,7,14H2,1-2H3. The van der Waals surface area contributed by atoms with Gasteiger partial charge in [0.05, 0.1) is 5.69 Å². The minimum absolute atomic E-state index is 0.233. The first kappa shape index (κ1) is 12.1. The average Bonchev–Trinajstić information content (AvgIpc) is 2.72. The third-order valence-corrected chi connectivity index (χ3v) is 2.78. The van der Waals surface area contributed by atoms with Gasteiger partial charge in [0.1, 0.15) is 5.69 Å². The normalized spacial score (nSPS) is 11.1. The zero-order chi connectivity index (χ0) is 12.4. The van der Waals surface area contributed by atoms with Gasteiger partial charge in [-0.15, -0.1) is 5.10 Å². The minimum atomic E-state index is 0.233. The second-order valence-electron chi connectivity index (χ2n) is 4.14. The predicted molar refractivity (Wildman–Crippen MR) is 68.7 cm³/mol. The maximum absolute atomic E-state index is 6.01. The third-order valence-electron chi connectivity index (χ3n) is 2.54. The molecule has 0 unspecified atom stereocenters. The topological polar surface area (TPSA) is 56.7 Å². The molecule has 4 nitrogen and oxygen atoms in total. The van der Waals surface area contributed by atoms with E-state index in [4.69, 9.17) is 17.3 Å². The molecule has 0 aliphatic heterocycles. The summed E-state index contributed by atoms with van der Waals surface area (Å²) < 4.78 is 1.87. The van der Waals surface area contributed by atoms with Crippen LogP contribution in [0, 0.1) is 0 Å². The Morgan fingerprint density at radius 3 is 2.76 bits per heavy atom. The van der Waals surface area contributed by atoms with Gasteiger partial charge in [0.25, 0.3) is 0 Å². The van der Waals surface area contributed by atoms with Crippen LogP contribution in [-0.4, -0.2) is 15.0 Å². The summed E-state index contributed by atoms with van der Waals surface area (Å²) in [6, 6.07) is 7.88. The molecule has 0 amide bonds. The van der Waals surface area contributed by atoms with Gasteiger partial charge in [-0.25, -0.2) is 4.68 Å². The summed E-state index contributed by atoms with van der Waals surface area (Å²) in [4.78, 5) is 0. The predicted octanol–water partition coefficient (Wildman–Crippen LogP) is 2.64. The van der Waals surface area contributed by atoms with Crippen molar-refractivity contribution in [1.29, 1.82) is 0 Å². The van der Waals surface area contributed by atoms with Gasteiger partial charge in [-0.05, 0) is 26.0 Å². The smallest absolute Gasteiger partial charge is 0.104 e. The number of nitrogens with two attached hydrogens (primary N) is 1. The molecule has 5 heteroatoms. The number of hydrogen-bond acceptors (Lipinski definition) is 3. The summed E-state index contributed by atoms with van der Waals surface area (Å²) in [5, 5.41) is 8.94. The van der Waals surface area contributed by atoms with Crippen LogP contribution in [0.15, 0.2) is 24.3 Å². The molecule has 0 spiro atoms. The van der Waals surface area contributed by atoms with Gasteiger partial charge in [0.2, 0.25) is 0 Å². The highest BCUT2D eigenvalue weighted by atomic mass is 35.5. The van der Waals surface area contributed by atoms with Gasteiger partial charge in [-0.3, -0.25) is 0 Å². The molecular formula is C12H15ClN4. The van der Waals surface area contributed by atoms with Crippen LogP contribution >= 0.6 is 11.6 Å². The van der Waals surface area contributed by atoms with E-state index < -0.39 is 0 Å². The van der Waals surface area contributed by atoms with Crippen molar-refractivity contribution in [3.8, 4) is 11.3 Å². The Bertz CT molecular complexity index is 519. The first-order chi connectivity index (χ1) is 8.13. The van der Waals surface area contributed by atoms with E-state index in [1.807, 2.05) is 28.9 Å². The molecule has 1 aromatic heterocycles. The largest absolute Gasteiger partial charge is 0.325 e. The van der Waals surface area contributed by atoms with Gasteiger partial charge in [-0.1, -0.05) is 28.9 Å². The van der Waals surface area contributed by atoms with E-state index in [0.29, 0.717) is 11.6 Å². The fraction of sp³-hybridized carbons (Fsp3) is 0.333. The maximum Gasteiger partial charge on any atom is 0.104 e. The Kier molecular flexibility index (Phi) is 3.45. The van der Waals surface area contributed by atoms with E-state index in [-0.39, 0.29) is 6.04 Å². The lowest BCUT2D eigenvalue weighted by Crippen LogP contribution is -2.06. The van der Waals surface area contributed by atoms with Crippen molar-refractivity contribution in [3.05, 3.63) is 35.0 Å². The number of aromatic nitrogens is 3. The van der Waals surface area contributed by atoms with E-state index in [2.05, 4.69) is 24.2 Å². The molecule has 0 aliphatic carbocycles. The van der Waals surface area contributed by atoms with E-state index in [9.17, 15) is 0 Å².